The van der Waals surface area contributed by atoms with E-state index in [0.717, 1.165) is 13.0 Å². The van der Waals surface area contributed by atoms with E-state index in [1.54, 1.807) is 25.1 Å². The molecular weight excluding hydrogens is 272 g/mol. The van der Waals surface area contributed by atoms with E-state index in [2.05, 4.69) is 5.32 Å². The Morgan fingerprint density at radius 3 is 2.48 bits per heavy atom. The molecule has 1 aromatic carbocycles. The Bertz CT molecular complexity index is 517. The highest BCUT2D eigenvalue weighted by Gasteiger charge is 2.19. The lowest BCUT2D eigenvalue weighted by atomic mass is 10.1. The summed E-state index contributed by atoms with van der Waals surface area (Å²) < 4.78 is 0. The van der Waals surface area contributed by atoms with Crippen LogP contribution in [0.4, 0.5) is 11.4 Å². The lowest BCUT2D eigenvalue weighted by Gasteiger charge is -2.20. The molecule has 0 fully saturated rings. The number of hydrogen-bond donors (Lipinski definition) is 1. The van der Waals surface area contributed by atoms with Crippen molar-refractivity contribution in [2.24, 2.45) is 0 Å². The van der Waals surface area contributed by atoms with Gasteiger partial charge in [-0.2, -0.15) is 0 Å². The molecule has 0 aliphatic carbocycles. The third-order valence-electron chi connectivity index (χ3n) is 3.16. The van der Waals surface area contributed by atoms with E-state index < -0.39 is 4.92 Å². The van der Waals surface area contributed by atoms with Crippen LogP contribution >= 0.6 is 0 Å². The molecule has 0 spiro atoms. The molecule has 1 aromatic rings. The summed E-state index contributed by atoms with van der Waals surface area (Å²) >= 11 is 0. The lowest BCUT2D eigenvalue weighted by molar-refractivity contribution is -0.384. The first-order chi connectivity index (χ1) is 9.86. The first-order valence-electron chi connectivity index (χ1n) is 6.73. The maximum absolute atomic E-state index is 12.4. The number of benzene rings is 1. The van der Waals surface area contributed by atoms with Crippen LogP contribution in [0.25, 0.3) is 0 Å². The molecule has 1 N–H and O–H groups in total. The standard InChI is InChI=1S/C14H22N4O3/c1-15-13-7-6-11(18(20)21)10-12(13)14(19)17(4)9-5-8-16(2)3/h6-7,10,15H,5,8-9H2,1-4H3. The molecule has 7 nitrogen and oxygen atoms in total. The highest BCUT2D eigenvalue weighted by Crippen LogP contribution is 2.23. The maximum Gasteiger partial charge on any atom is 0.270 e. The van der Waals surface area contributed by atoms with Crippen LogP contribution in [0, 0.1) is 10.1 Å². The molecule has 0 atom stereocenters. The van der Waals surface area contributed by atoms with Crippen LogP contribution < -0.4 is 5.32 Å². The Kier molecular flexibility index (Phi) is 6.10. The molecule has 0 bridgehead atoms. The topological polar surface area (TPSA) is 78.7 Å². The SMILES string of the molecule is CNc1ccc([N+](=O)[O-])cc1C(=O)N(C)CCCN(C)C. The van der Waals surface area contributed by atoms with Crippen molar-refractivity contribution in [3.8, 4) is 0 Å². The number of rotatable bonds is 7. The van der Waals surface area contributed by atoms with Crippen LogP contribution in [0.1, 0.15) is 16.8 Å². The first kappa shape index (κ1) is 16.9. The monoisotopic (exact) mass is 294 g/mol. The number of nitrogens with one attached hydrogen (secondary N) is 1. The van der Waals surface area contributed by atoms with Gasteiger partial charge >= 0.3 is 0 Å². The van der Waals surface area contributed by atoms with Crippen molar-refractivity contribution >= 4 is 17.3 Å². The van der Waals surface area contributed by atoms with Gasteiger partial charge in [-0.1, -0.05) is 0 Å². The predicted octanol–water partition coefficient (Wildman–Crippen LogP) is 1.66. The molecule has 0 unspecified atom stereocenters. The molecule has 0 heterocycles. The lowest BCUT2D eigenvalue weighted by Crippen LogP contribution is -2.30. The minimum Gasteiger partial charge on any atom is -0.387 e. The number of amides is 1. The fraction of sp³-hybridized carbons (Fsp3) is 0.500. The van der Waals surface area contributed by atoms with Gasteiger partial charge in [0.05, 0.1) is 10.5 Å². The molecule has 1 amide bonds. The van der Waals surface area contributed by atoms with Crippen molar-refractivity contribution in [1.29, 1.82) is 0 Å². The fourth-order valence-corrected chi connectivity index (χ4v) is 1.97. The summed E-state index contributed by atoms with van der Waals surface area (Å²) in [5.74, 6) is -0.221. The van der Waals surface area contributed by atoms with E-state index in [0.29, 0.717) is 17.8 Å². The third kappa shape index (κ3) is 4.71. The van der Waals surface area contributed by atoms with Crippen LogP contribution in [0.3, 0.4) is 0 Å². The third-order valence-corrected chi connectivity index (χ3v) is 3.16. The van der Waals surface area contributed by atoms with Gasteiger partial charge in [0.2, 0.25) is 0 Å². The summed E-state index contributed by atoms with van der Waals surface area (Å²) in [5.41, 5.74) is 0.822. The van der Waals surface area contributed by atoms with Crippen molar-refractivity contribution in [2.45, 2.75) is 6.42 Å². The second kappa shape index (κ2) is 7.58. The molecule has 0 aromatic heterocycles. The number of anilines is 1. The molecule has 116 valence electrons. The molecule has 21 heavy (non-hydrogen) atoms. The van der Waals surface area contributed by atoms with Crippen LogP contribution in [0.15, 0.2) is 18.2 Å². The zero-order chi connectivity index (χ0) is 16.0. The number of carbonyl (C=O) groups is 1. The van der Waals surface area contributed by atoms with E-state index in [-0.39, 0.29) is 11.6 Å². The van der Waals surface area contributed by atoms with Crippen molar-refractivity contribution in [1.82, 2.24) is 9.80 Å². The van der Waals surface area contributed by atoms with Crippen LogP contribution in [-0.4, -0.2) is 61.9 Å². The average Bonchev–Trinajstić information content (AvgIpc) is 2.45. The quantitative estimate of drug-likeness (QED) is 0.611. The Labute approximate surface area is 124 Å². The van der Waals surface area contributed by atoms with E-state index in [4.69, 9.17) is 0 Å². The van der Waals surface area contributed by atoms with Crippen molar-refractivity contribution < 1.29 is 9.72 Å². The van der Waals surface area contributed by atoms with Crippen LogP contribution in [0.2, 0.25) is 0 Å². The van der Waals surface area contributed by atoms with Gasteiger partial charge in [0.1, 0.15) is 0 Å². The van der Waals surface area contributed by atoms with Crippen LogP contribution in [-0.2, 0) is 0 Å². The smallest absolute Gasteiger partial charge is 0.270 e. The number of nitro benzene ring substituents is 1. The Morgan fingerprint density at radius 2 is 1.95 bits per heavy atom. The van der Waals surface area contributed by atoms with Gasteiger partial charge in [-0.05, 0) is 33.1 Å². The highest BCUT2D eigenvalue weighted by molar-refractivity contribution is 6.00. The number of hydrogen-bond acceptors (Lipinski definition) is 5. The molecular formula is C14H22N4O3. The minimum absolute atomic E-state index is 0.0842. The average molecular weight is 294 g/mol. The summed E-state index contributed by atoms with van der Waals surface area (Å²) in [6.45, 7) is 1.48. The Morgan fingerprint density at radius 1 is 1.29 bits per heavy atom. The number of carbonyl (C=O) groups excluding carboxylic acids is 1. The summed E-state index contributed by atoms with van der Waals surface area (Å²) in [5, 5.41) is 13.7. The second-order valence-corrected chi connectivity index (χ2v) is 5.12. The predicted molar refractivity (Wildman–Crippen MR) is 82.8 cm³/mol. The zero-order valence-corrected chi connectivity index (χ0v) is 12.9. The highest BCUT2D eigenvalue weighted by atomic mass is 16.6. The molecule has 0 aliphatic rings. The van der Waals surface area contributed by atoms with Gasteiger partial charge in [0.25, 0.3) is 11.6 Å². The van der Waals surface area contributed by atoms with Crippen molar-refractivity contribution in [3.05, 3.63) is 33.9 Å². The van der Waals surface area contributed by atoms with Gasteiger partial charge in [-0.15, -0.1) is 0 Å². The van der Waals surface area contributed by atoms with E-state index in [1.807, 2.05) is 19.0 Å². The fourth-order valence-electron chi connectivity index (χ4n) is 1.97. The molecule has 0 radical (unpaired) electrons. The molecule has 7 heteroatoms. The Hall–Kier alpha value is -2.15. The summed E-state index contributed by atoms with van der Waals surface area (Å²) in [6, 6.07) is 4.25. The number of nitro groups is 1. The maximum atomic E-state index is 12.4. The second-order valence-electron chi connectivity index (χ2n) is 5.12. The van der Waals surface area contributed by atoms with Gasteiger partial charge in [0.15, 0.2) is 0 Å². The summed E-state index contributed by atoms with van der Waals surface area (Å²) in [7, 11) is 7.34. The van der Waals surface area contributed by atoms with E-state index in [9.17, 15) is 14.9 Å². The summed E-state index contributed by atoms with van der Waals surface area (Å²) in [6.07, 6.45) is 0.846. The van der Waals surface area contributed by atoms with Crippen molar-refractivity contribution in [2.75, 3.05) is 46.6 Å². The summed E-state index contributed by atoms with van der Waals surface area (Å²) in [4.78, 5) is 26.4. The zero-order valence-electron chi connectivity index (χ0n) is 12.9. The molecule has 1 rings (SSSR count). The largest absolute Gasteiger partial charge is 0.387 e. The molecule has 0 aliphatic heterocycles. The van der Waals surface area contributed by atoms with Crippen molar-refractivity contribution in [3.63, 3.8) is 0 Å². The van der Waals surface area contributed by atoms with Gasteiger partial charge < -0.3 is 15.1 Å². The number of nitrogens with zero attached hydrogens (tertiary/aromatic N) is 3. The van der Waals surface area contributed by atoms with Gasteiger partial charge in [-0.3, -0.25) is 14.9 Å². The molecule has 0 saturated carbocycles. The number of non-ortho nitro benzene ring substituents is 1. The van der Waals surface area contributed by atoms with E-state index >= 15 is 0 Å². The van der Waals surface area contributed by atoms with E-state index in [1.165, 1.54) is 12.1 Å². The molecule has 0 saturated heterocycles. The van der Waals surface area contributed by atoms with Gasteiger partial charge in [0, 0.05) is 38.5 Å². The van der Waals surface area contributed by atoms with Crippen LogP contribution in [0.5, 0.6) is 0 Å². The van der Waals surface area contributed by atoms with Gasteiger partial charge in [-0.25, -0.2) is 0 Å². The first-order valence-corrected chi connectivity index (χ1v) is 6.73. The Balaban J connectivity index is 2.89. The normalized spacial score (nSPS) is 10.5. The minimum atomic E-state index is -0.498.